The van der Waals surface area contributed by atoms with Crippen LogP contribution in [-0.4, -0.2) is 5.11 Å². The van der Waals surface area contributed by atoms with Gasteiger partial charge in [-0.05, 0) is 42.8 Å². The quantitative estimate of drug-likeness (QED) is 0.329. The molecule has 0 saturated carbocycles. The number of hydrogen-bond acceptors (Lipinski definition) is 1. The fraction of sp³-hybridized carbons (Fsp3) is 0.278. The molecule has 0 aromatic heterocycles. The van der Waals surface area contributed by atoms with Crippen molar-refractivity contribution in [3.63, 3.8) is 0 Å². The monoisotopic (exact) mass is 424 g/mol. The van der Waals surface area contributed by atoms with Gasteiger partial charge in [0, 0.05) is 5.69 Å². The number of anilines is 2. The van der Waals surface area contributed by atoms with Crippen LogP contribution < -0.4 is 10.6 Å². The number of halogens is 7. The van der Waals surface area contributed by atoms with E-state index in [9.17, 15) is 30.7 Å². The second-order valence-corrected chi connectivity index (χ2v) is 6.29. The molecule has 2 rings (SSSR count). The van der Waals surface area contributed by atoms with Gasteiger partial charge in [0.05, 0.1) is 0 Å². The molecular weight excluding hydrogens is 409 g/mol. The SMILES string of the molecule is CCCCc1ccc(NC(=S)Nc2c(F)c(F)c(C(F)(F)F)c(F)c2F)cc1. The van der Waals surface area contributed by atoms with Crippen molar-refractivity contribution in [2.24, 2.45) is 0 Å². The number of unbranched alkanes of at least 4 members (excludes halogenated alkanes) is 1. The maximum absolute atomic E-state index is 13.9. The minimum absolute atomic E-state index is 0.409. The van der Waals surface area contributed by atoms with Gasteiger partial charge in [0.1, 0.15) is 11.3 Å². The molecule has 0 aliphatic carbocycles. The fourth-order valence-electron chi connectivity index (χ4n) is 2.40. The highest BCUT2D eigenvalue weighted by atomic mass is 32.1. The van der Waals surface area contributed by atoms with E-state index < -0.39 is 45.8 Å². The van der Waals surface area contributed by atoms with Gasteiger partial charge in [-0.3, -0.25) is 0 Å². The maximum Gasteiger partial charge on any atom is 0.422 e. The van der Waals surface area contributed by atoms with Crippen molar-refractivity contribution in [3.8, 4) is 0 Å². The van der Waals surface area contributed by atoms with E-state index in [1.807, 2.05) is 12.2 Å². The molecule has 0 heterocycles. The Bertz CT molecular complexity index is 835. The summed E-state index contributed by atoms with van der Waals surface area (Å²) >= 11 is 4.81. The molecule has 0 aliphatic rings. The number of alkyl halides is 3. The Hall–Kier alpha value is -2.36. The highest BCUT2D eigenvalue weighted by Crippen LogP contribution is 2.38. The Morgan fingerprint density at radius 2 is 1.43 bits per heavy atom. The molecule has 2 N–H and O–H groups in total. The van der Waals surface area contributed by atoms with E-state index in [0.29, 0.717) is 5.69 Å². The zero-order valence-electron chi connectivity index (χ0n) is 14.5. The third-order valence-electron chi connectivity index (χ3n) is 3.82. The number of aryl methyl sites for hydroxylation is 1. The third-order valence-corrected chi connectivity index (χ3v) is 4.02. The Balaban J connectivity index is 2.20. The van der Waals surface area contributed by atoms with Crippen LogP contribution in [0, 0.1) is 23.3 Å². The van der Waals surface area contributed by atoms with Crippen molar-refractivity contribution < 1.29 is 30.7 Å². The molecule has 152 valence electrons. The summed E-state index contributed by atoms with van der Waals surface area (Å²) in [5.41, 5.74) is -2.64. The number of rotatable bonds is 5. The molecule has 0 amide bonds. The Kier molecular flexibility index (Phi) is 6.87. The van der Waals surface area contributed by atoms with Crippen LogP contribution in [0.5, 0.6) is 0 Å². The van der Waals surface area contributed by atoms with E-state index in [1.54, 1.807) is 24.3 Å². The van der Waals surface area contributed by atoms with Crippen LogP contribution in [-0.2, 0) is 12.6 Å². The smallest absolute Gasteiger partial charge is 0.332 e. The first kappa shape index (κ1) is 21.9. The molecule has 0 fully saturated rings. The van der Waals surface area contributed by atoms with Crippen molar-refractivity contribution in [2.75, 3.05) is 10.6 Å². The van der Waals surface area contributed by atoms with E-state index in [4.69, 9.17) is 12.2 Å². The maximum atomic E-state index is 13.9. The lowest BCUT2D eigenvalue weighted by molar-refractivity contribution is -0.143. The van der Waals surface area contributed by atoms with E-state index in [0.717, 1.165) is 24.8 Å². The zero-order chi connectivity index (χ0) is 21.1. The van der Waals surface area contributed by atoms with Crippen LogP contribution in [0.25, 0.3) is 0 Å². The van der Waals surface area contributed by atoms with Crippen LogP contribution in [0.2, 0.25) is 0 Å². The van der Waals surface area contributed by atoms with Gasteiger partial charge in [0.2, 0.25) is 0 Å². The molecule has 2 aromatic rings. The molecule has 0 aliphatic heterocycles. The Labute approximate surface area is 161 Å². The summed E-state index contributed by atoms with van der Waals surface area (Å²) in [6.45, 7) is 2.05. The molecule has 0 bridgehead atoms. The summed E-state index contributed by atoms with van der Waals surface area (Å²) < 4.78 is 92.7. The average Bonchev–Trinajstić information content (AvgIpc) is 2.62. The zero-order valence-corrected chi connectivity index (χ0v) is 15.3. The summed E-state index contributed by atoms with van der Waals surface area (Å²) in [6.07, 6.45) is -2.73. The van der Waals surface area contributed by atoms with Crippen LogP contribution in [0.4, 0.5) is 42.1 Å². The highest BCUT2D eigenvalue weighted by molar-refractivity contribution is 7.80. The van der Waals surface area contributed by atoms with Gasteiger partial charge >= 0.3 is 6.18 Å². The van der Waals surface area contributed by atoms with Crippen LogP contribution >= 0.6 is 12.2 Å². The van der Waals surface area contributed by atoms with Gasteiger partial charge in [-0.1, -0.05) is 25.5 Å². The summed E-state index contributed by atoms with van der Waals surface area (Å²) in [5, 5.41) is 3.93. The summed E-state index contributed by atoms with van der Waals surface area (Å²) in [5.74, 6) is -9.58. The van der Waals surface area contributed by atoms with Crippen LogP contribution in [0.15, 0.2) is 24.3 Å². The lowest BCUT2D eigenvalue weighted by Crippen LogP contribution is -2.23. The Morgan fingerprint density at radius 3 is 1.89 bits per heavy atom. The summed E-state index contributed by atoms with van der Waals surface area (Å²) in [6, 6.07) is 6.83. The second-order valence-electron chi connectivity index (χ2n) is 5.88. The molecule has 0 saturated heterocycles. The third kappa shape index (κ3) is 4.92. The minimum atomic E-state index is -5.60. The molecule has 28 heavy (non-hydrogen) atoms. The van der Waals surface area contributed by atoms with E-state index in [1.165, 1.54) is 0 Å². The lowest BCUT2D eigenvalue weighted by atomic mass is 10.1. The van der Waals surface area contributed by atoms with Crippen molar-refractivity contribution in [3.05, 3.63) is 58.7 Å². The number of hydrogen-bond donors (Lipinski definition) is 2. The first-order chi connectivity index (χ1) is 13.1. The molecule has 2 aromatic carbocycles. The van der Waals surface area contributed by atoms with E-state index >= 15 is 0 Å². The number of benzene rings is 2. The molecule has 2 nitrogen and oxygen atoms in total. The predicted octanol–water partition coefficient (Wildman–Crippen LogP) is 6.41. The van der Waals surface area contributed by atoms with Crippen LogP contribution in [0.1, 0.15) is 30.9 Å². The minimum Gasteiger partial charge on any atom is -0.332 e. The van der Waals surface area contributed by atoms with Gasteiger partial charge < -0.3 is 10.6 Å². The van der Waals surface area contributed by atoms with Gasteiger partial charge in [-0.15, -0.1) is 0 Å². The molecule has 0 atom stereocenters. The molecular formula is C18H15F7N2S. The number of nitrogens with one attached hydrogen (secondary N) is 2. The molecule has 10 heteroatoms. The summed E-state index contributed by atoms with van der Waals surface area (Å²) in [4.78, 5) is 0. The van der Waals surface area contributed by atoms with Crippen molar-refractivity contribution in [2.45, 2.75) is 32.4 Å². The lowest BCUT2D eigenvalue weighted by Gasteiger charge is -2.16. The molecule has 0 radical (unpaired) electrons. The standard InChI is InChI=1S/C18H15F7N2S/c1-2-3-4-9-5-7-10(8-6-9)26-17(28)27-16-14(21)12(19)11(18(23,24)25)13(20)15(16)22/h5-8H,2-4H2,1H3,(H2,26,27,28). The van der Waals surface area contributed by atoms with E-state index in [-0.39, 0.29) is 0 Å². The van der Waals surface area contributed by atoms with Gasteiger partial charge in [-0.2, -0.15) is 13.2 Å². The normalized spacial score (nSPS) is 11.4. The average molecular weight is 424 g/mol. The first-order valence-electron chi connectivity index (χ1n) is 8.16. The van der Waals surface area contributed by atoms with Gasteiger partial charge in [0.25, 0.3) is 0 Å². The van der Waals surface area contributed by atoms with Gasteiger partial charge in [-0.25, -0.2) is 17.6 Å². The van der Waals surface area contributed by atoms with Crippen molar-refractivity contribution >= 4 is 28.7 Å². The van der Waals surface area contributed by atoms with E-state index in [2.05, 4.69) is 5.32 Å². The predicted molar refractivity (Wildman–Crippen MR) is 96.2 cm³/mol. The number of thiocarbonyl (C=S) groups is 1. The second kappa shape index (κ2) is 8.76. The molecule has 0 unspecified atom stereocenters. The van der Waals surface area contributed by atoms with Crippen LogP contribution in [0.3, 0.4) is 0 Å². The molecule has 0 spiro atoms. The Morgan fingerprint density at radius 1 is 0.893 bits per heavy atom. The van der Waals surface area contributed by atoms with Crippen molar-refractivity contribution in [1.82, 2.24) is 0 Å². The van der Waals surface area contributed by atoms with Gasteiger partial charge in [0.15, 0.2) is 28.4 Å². The summed E-state index contributed by atoms with van der Waals surface area (Å²) in [7, 11) is 0. The highest BCUT2D eigenvalue weighted by Gasteiger charge is 2.42. The topological polar surface area (TPSA) is 24.1 Å². The first-order valence-corrected chi connectivity index (χ1v) is 8.57. The fourth-order valence-corrected chi connectivity index (χ4v) is 2.62. The largest absolute Gasteiger partial charge is 0.422 e. The van der Waals surface area contributed by atoms with Crippen molar-refractivity contribution in [1.29, 1.82) is 0 Å².